The van der Waals surface area contributed by atoms with Gasteiger partial charge in [-0.3, -0.25) is 0 Å². The maximum absolute atomic E-state index is 6.67. The average molecular weight is 929 g/mol. The summed E-state index contributed by atoms with van der Waals surface area (Å²) < 4.78 is 14.2. The number of para-hydroxylation sites is 2. The van der Waals surface area contributed by atoms with E-state index in [0.29, 0.717) is 17.5 Å². The van der Waals surface area contributed by atoms with Crippen molar-refractivity contribution in [1.82, 2.24) is 19.5 Å². The Morgan fingerprint density at radius 3 is 1.76 bits per heavy atom. The highest BCUT2D eigenvalue weighted by Gasteiger charge is 2.22. The molecule has 0 atom stereocenters. The predicted molar refractivity (Wildman–Crippen MR) is 294 cm³/mol. The van der Waals surface area contributed by atoms with Crippen LogP contribution in [0.3, 0.4) is 0 Å². The molecule has 5 nitrogen and oxygen atoms in total. The van der Waals surface area contributed by atoms with Crippen molar-refractivity contribution in [1.29, 1.82) is 0 Å². The Morgan fingerprint density at radius 2 is 0.943 bits per heavy atom. The minimum atomic E-state index is 0.580. The van der Waals surface area contributed by atoms with Crippen molar-refractivity contribution in [2.45, 2.75) is 0 Å². The summed E-state index contributed by atoms with van der Waals surface area (Å²) in [4.78, 5) is 15.8. The molecule has 0 bridgehead atoms. The van der Waals surface area contributed by atoms with Crippen molar-refractivity contribution in [3.8, 4) is 62.1 Å². The van der Waals surface area contributed by atoms with Gasteiger partial charge in [0.25, 0.3) is 0 Å². The molecule has 10 aromatic carbocycles. The van der Waals surface area contributed by atoms with E-state index < -0.39 is 0 Å². The third-order valence-electron chi connectivity index (χ3n) is 13.9. The number of aromatic nitrogens is 4. The van der Waals surface area contributed by atoms with Crippen LogP contribution < -0.4 is 0 Å². The van der Waals surface area contributed by atoms with Gasteiger partial charge < -0.3 is 8.98 Å². The monoisotopic (exact) mass is 928 g/mol. The van der Waals surface area contributed by atoms with Crippen LogP contribution in [0.25, 0.3) is 146 Å². The summed E-state index contributed by atoms with van der Waals surface area (Å²) >= 11 is 3.73. The lowest BCUT2D eigenvalue weighted by molar-refractivity contribution is 0.669. The van der Waals surface area contributed by atoms with Crippen LogP contribution in [-0.4, -0.2) is 19.5 Å². The molecule has 70 heavy (non-hydrogen) atoms. The summed E-state index contributed by atoms with van der Waals surface area (Å²) in [6.45, 7) is 0. The van der Waals surface area contributed by atoms with E-state index in [2.05, 4.69) is 193 Å². The highest BCUT2D eigenvalue weighted by atomic mass is 32.1. The van der Waals surface area contributed by atoms with Gasteiger partial charge >= 0.3 is 0 Å². The van der Waals surface area contributed by atoms with Crippen LogP contribution in [0.1, 0.15) is 0 Å². The molecule has 7 heteroatoms. The minimum absolute atomic E-state index is 0.580. The molecule has 0 fully saturated rings. The van der Waals surface area contributed by atoms with E-state index in [1.165, 1.54) is 67.8 Å². The summed E-state index contributed by atoms with van der Waals surface area (Å²) in [6, 6.07) is 77.8. The second-order valence-corrected chi connectivity index (χ2v) is 20.0. The summed E-state index contributed by atoms with van der Waals surface area (Å²) in [5.41, 5.74) is 12.4. The smallest absolute Gasteiger partial charge is 0.164 e. The molecule has 0 saturated heterocycles. The SMILES string of the molecule is c1ccc(-c2nc(-c3cccc(-n4c5ccccc5c5ccccc54)c3)nc(-c3cccc4oc5ccc(-c6ccc(-c7ccc8c(c7)sc7ccccc78)c7sc8ccccc8c67)cc5c34)n2)cc1. The van der Waals surface area contributed by atoms with Crippen LogP contribution in [0.2, 0.25) is 0 Å². The van der Waals surface area contributed by atoms with Crippen molar-refractivity contribution in [3.63, 3.8) is 0 Å². The zero-order valence-corrected chi connectivity index (χ0v) is 38.9. The van der Waals surface area contributed by atoms with Gasteiger partial charge in [-0.05, 0) is 82.9 Å². The fourth-order valence-corrected chi connectivity index (χ4v) is 13.1. The zero-order chi connectivity index (χ0) is 45.9. The predicted octanol–water partition coefficient (Wildman–Crippen LogP) is 17.9. The first kappa shape index (κ1) is 39.3. The van der Waals surface area contributed by atoms with Crippen LogP contribution in [0.4, 0.5) is 0 Å². The van der Waals surface area contributed by atoms with Gasteiger partial charge in [0.1, 0.15) is 11.2 Å². The number of fused-ring (bicyclic) bond motifs is 12. The Labute approximate surface area is 408 Å². The third kappa shape index (κ3) is 6.05. The van der Waals surface area contributed by atoms with E-state index in [0.717, 1.165) is 60.9 Å². The highest BCUT2D eigenvalue weighted by molar-refractivity contribution is 7.26. The van der Waals surface area contributed by atoms with Gasteiger partial charge in [-0.15, -0.1) is 22.7 Å². The number of hydrogen-bond donors (Lipinski definition) is 0. The van der Waals surface area contributed by atoms with Gasteiger partial charge in [-0.1, -0.05) is 158 Å². The van der Waals surface area contributed by atoms with Gasteiger partial charge in [-0.2, -0.15) is 0 Å². The maximum atomic E-state index is 6.67. The summed E-state index contributed by atoms with van der Waals surface area (Å²) in [5, 5.41) is 9.55. The van der Waals surface area contributed by atoms with Crippen LogP contribution in [0, 0.1) is 0 Å². The van der Waals surface area contributed by atoms with Crippen molar-refractivity contribution >= 4 is 107 Å². The third-order valence-corrected chi connectivity index (χ3v) is 16.2. The molecule has 15 aromatic rings. The minimum Gasteiger partial charge on any atom is -0.456 e. The number of benzene rings is 10. The first-order valence-electron chi connectivity index (χ1n) is 23.4. The number of nitrogens with zero attached hydrogens (tertiary/aromatic N) is 4. The van der Waals surface area contributed by atoms with Gasteiger partial charge in [0.2, 0.25) is 0 Å². The van der Waals surface area contributed by atoms with E-state index in [-0.39, 0.29) is 0 Å². The lowest BCUT2D eigenvalue weighted by atomic mass is 9.93. The van der Waals surface area contributed by atoms with Crippen LogP contribution >= 0.6 is 22.7 Å². The molecule has 5 aromatic heterocycles. The van der Waals surface area contributed by atoms with Gasteiger partial charge in [-0.25, -0.2) is 15.0 Å². The molecule has 0 amide bonds. The Balaban J connectivity index is 0.902. The molecule has 5 heterocycles. The molecule has 0 aliphatic carbocycles. The largest absolute Gasteiger partial charge is 0.456 e. The summed E-state index contributed by atoms with van der Waals surface area (Å²) in [6.07, 6.45) is 0. The molecule has 0 aliphatic rings. The molecule has 0 saturated carbocycles. The normalized spacial score (nSPS) is 12.0. The Kier molecular flexibility index (Phi) is 8.63. The zero-order valence-electron chi connectivity index (χ0n) is 37.3. The van der Waals surface area contributed by atoms with E-state index in [1.807, 2.05) is 53.0 Å². The van der Waals surface area contributed by atoms with E-state index in [4.69, 9.17) is 19.4 Å². The fourth-order valence-electron chi connectivity index (χ4n) is 10.7. The Hall–Kier alpha value is -8.75. The van der Waals surface area contributed by atoms with E-state index in [1.54, 1.807) is 0 Å². The highest BCUT2D eigenvalue weighted by Crippen LogP contribution is 2.47. The van der Waals surface area contributed by atoms with Crippen molar-refractivity contribution < 1.29 is 4.42 Å². The number of furan rings is 1. The quantitative estimate of drug-likeness (QED) is 0.167. The van der Waals surface area contributed by atoms with Crippen LogP contribution in [-0.2, 0) is 0 Å². The molecule has 0 N–H and O–H groups in total. The van der Waals surface area contributed by atoms with Gasteiger partial charge in [0.15, 0.2) is 17.5 Å². The lowest BCUT2D eigenvalue weighted by Crippen LogP contribution is -2.01. The first-order chi connectivity index (χ1) is 34.7. The van der Waals surface area contributed by atoms with Gasteiger partial charge in [0, 0.05) is 84.3 Å². The van der Waals surface area contributed by atoms with E-state index in [9.17, 15) is 0 Å². The maximum Gasteiger partial charge on any atom is 0.164 e. The van der Waals surface area contributed by atoms with Crippen molar-refractivity contribution in [3.05, 3.63) is 218 Å². The topological polar surface area (TPSA) is 56.7 Å². The second-order valence-electron chi connectivity index (χ2n) is 17.9. The summed E-state index contributed by atoms with van der Waals surface area (Å²) in [7, 11) is 0. The lowest BCUT2D eigenvalue weighted by Gasteiger charge is -2.12. The Bertz CT molecular complexity index is 4560. The van der Waals surface area contributed by atoms with Gasteiger partial charge in [0.05, 0.1) is 11.0 Å². The Morgan fingerprint density at radius 1 is 0.329 bits per heavy atom. The molecular formula is C63H36N4OS2. The molecule has 0 unspecified atom stereocenters. The van der Waals surface area contributed by atoms with Crippen LogP contribution in [0.15, 0.2) is 223 Å². The van der Waals surface area contributed by atoms with E-state index >= 15 is 0 Å². The second kappa shape index (κ2) is 15.4. The summed E-state index contributed by atoms with van der Waals surface area (Å²) in [5.74, 6) is 1.78. The van der Waals surface area contributed by atoms with Crippen molar-refractivity contribution in [2.75, 3.05) is 0 Å². The molecule has 15 rings (SSSR count). The number of hydrogen-bond acceptors (Lipinski definition) is 6. The molecule has 0 radical (unpaired) electrons. The molecule has 326 valence electrons. The molecule has 0 aliphatic heterocycles. The number of rotatable bonds is 6. The first-order valence-corrected chi connectivity index (χ1v) is 25.0. The van der Waals surface area contributed by atoms with Crippen molar-refractivity contribution in [2.24, 2.45) is 0 Å². The molecular weight excluding hydrogens is 893 g/mol. The average Bonchev–Trinajstić information content (AvgIpc) is 4.20. The fraction of sp³-hybridized carbons (Fsp3) is 0. The number of thiophene rings is 2. The standard InChI is InChI=1S/C63H36N4OS2/c1-2-14-37(15-3-1)61-64-62(40-16-12-17-41(34-40)67-51-23-8-4-18-44(51)45-19-5-9-24-52(45)67)66-63(65-61)49-22-13-25-54-58(49)50-35-38(29-33-53(50)68-54)42-31-32-43(60-59(42)48-21-7-11-27-56(48)70-60)39-28-30-47-46-20-6-10-26-55(46)69-57(47)36-39/h1-36H. The van der Waals surface area contributed by atoms with Crippen LogP contribution in [0.5, 0.6) is 0 Å². The molecule has 0 spiro atoms.